The van der Waals surface area contributed by atoms with E-state index in [1.807, 2.05) is 7.05 Å². The van der Waals surface area contributed by atoms with Crippen LogP contribution in [-0.4, -0.2) is 30.3 Å². The van der Waals surface area contributed by atoms with E-state index in [1.165, 1.54) is 0 Å². The van der Waals surface area contributed by atoms with E-state index in [-0.39, 0.29) is 0 Å². The van der Waals surface area contributed by atoms with E-state index < -0.39 is 0 Å². The number of aromatic nitrogens is 2. The van der Waals surface area contributed by atoms with E-state index in [0.717, 1.165) is 13.1 Å². The van der Waals surface area contributed by atoms with Gasteiger partial charge in [-0.05, 0) is 7.05 Å². The molecule has 0 radical (unpaired) electrons. The minimum atomic E-state index is 0.611. The fourth-order valence-electron chi connectivity index (χ4n) is 0.827. The summed E-state index contributed by atoms with van der Waals surface area (Å²) in [6.07, 6.45) is 0. The van der Waals surface area contributed by atoms with Gasteiger partial charge in [0.1, 0.15) is 0 Å². The lowest BCUT2D eigenvalue weighted by Gasteiger charge is -1.98. The molecule has 0 bridgehead atoms. The standard InChI is InChI=1S/C7H14N4O/c1-6-10-7(11-12-6)5-9-4-3-8-2/h8-9H,3-5H2,1-2H3. The van der Waals surface area contributed by atoms with Gasteiger partial charge in [0.05, 0.1) is 6.54 Å². The molecule has 1 rings (SSSR count). The second kappa shape index (κ2) is 4.84. The molecule has 2 N–H and O–H groups in total. The van der Waals surface area contributed by atoms with Gasteiger partial charge in [0, 0.05) is 20.0 Å². The molecular weight excluding hydrogens is 156 g/mol. The maximum absolute atomic E-state index is 4.80. The van der Waals surface area contributed by atoms with Crippen molar-refractivity contribution in [1.82, 2.24) is 20.8 Å². The van der Waals surface area contributed by atoms with Crippen molar-refractivity contribution in [2.45, 2.75) is 13.5 Å². The topological polar surface area (TPSA) is 63.0 Å². The van der Waals surface area contributed by atoms with Gasteiger partial charge in [-0.15, -0.1) is 0 Å². The monoisotopic (exact) mass is 170 g/mol. The molecule has 5 nitrogen and oxygen atoms in total. The molecule has 0 spiro atoms. The van der Waals surface area contributed by atoms with Crippen molar-refractivity contribution < 1.29 is 4.52 Å². The average molecular weight is 170 g/mol. The minimum Gasteiger partial charge on any atom is -0.340 e. The van der Waals surface area contributed by atoms with Crippen molar-refractivity contribution in [2.75, 3.05) is 20.1 Å². The predicted octanol–water partition coefficient (Wildman–Crippen LogP) is -0.313. The van der Waals surface area contributed by atoms with Crippen LogP contribution < -0.4 is 10.6 Å². The molecule has 0 aliphatic rings. The summed E-state index contributed by atoms with van der Waals surface area (Å²) in [7, 11) is 1.92. The van der Waals surface area contributed by atoms with Crippen LogP contribution in [0.2, 0.25) is 0 Å². The van der Waals surface area contributed by atoms with Crippen LogP contribution in [-0.2, 0) is 6.54 Å². The van der Waals surface area contributed by atoms with Crippen LogP contribution in [0.15, 0.2) is 4.52 Å². The molecule has 0 saturated heterocycles. The molecule has 0 aliphatic carbocycles. The smallest absolute Gasteiger partial charge is 0.223 e. The first-order valence-electron chi connectivity index (χ1n) is 3.97. The van der Waals surface area contributed by atoms with Gasteiger partial charge in [-0.1, -0.05) is 5.16 Å². The number of likely N-dealkylation sites (N-methyl/N-ethyl adjacent to an activating group) is 1. The third-order valence-corrected chi connectivity index (χ3v) is 1.40. The zero-order chi connectivity index (χ0) is 8.81. The van der Waals surface area contributed by atoms with Crippen molar-refractivity contribution >= 4 is 0 Å². The molecule has 1 heterocycles. The summed E-state index contributed by atoms with van der Waals surface area (Å²) in [6.45, 7) is 4.30. The summed E-state index contributed by atoms with van der Waals surface area (Å²) >= 11 is 0. The van der Waals surface area contributed by atoms with E-state index in [9.17, 15) is 0 Å². The molecule has 1 aromatic rings. The van der Waals surface area contributed by atoms with Crippen LogP contribution in [0.3, 0.4) is 0 Å². The maximum Gasteiger partial charge on any atom is 0.223 e. The number of aryl methyl sites for hydroxylation is 1. The van der Waals surface area contributed by atoms with Crippen molar-refractivity contribution in [2.24, 2.45) is 0 Å². The van der Waals surface area contributed by atoms with Gasteiger partial charge in [0.25, 0.3) is 0 Å². The summed E-state index contributed by atoms with van der Waals surface area (Å²) in [4.78, 5) is 4.05. The Bertz CT molecular complexity index is 223. The SMILES string of the molecule is CNCCNCc1noc(C)n1. The normalized spacial score (nSPS) is 10.5. The first kappa shape index (κ1) is 9.15. The van der Waals surface area contributed by atoms with Crippen LogP contribution in [0.4, 0.5) is 0 Å². The quantitative estimate of drug-likeness (QED) is 0.593. The molecule has 0 aromatic carbocycles. The Labute approximate surface area is 71.5 Å². The Morgan fingerprint density at radius 1 is 1.42 bits per heavy atom. The number of nitrogens with one attached hydrogen (secondary N) is 2. The Kier molecular flexibility index (Phi) is 3.69. The van der Waals surface area contributed by atoms with E-state index in [0.29, 0.717) is 18.3 Å². The first-order chi connectivity index (χ1) is 5.83. The second-order valence-corrected chi connectivity index (χ2v) is 2.51. The van der Waals surface area contributed by atoms with Gasteiger partial charge >= 0.3 is 0 Å². The number of hydrogen-bond acceptors (Lipinski definition) is 5. The van der Waals surface area contributed by atoms with Gasteiger partial charge in [-0.2, -0.15) is 4.98 Å². The highest BCUT2D eigenvalue weighted by Gasteiger charge is 1.99. The highest BCUT2D eigenvalue weighted by atomic mass is 16.5. The lowest BCUT2D eigenvalue weighted by molar-refractivity contribution is 0.385. The molecule has 0 saturated carbocycles. The Balaban J connectivity index is 2.15. The predicted molar refractivity (Wildman–Crippen MR) is 44.7 cm³/mol. The van der Waals surface area contributed by atoms with Gasteiger partial charge < -0.3 is 15.2 Å². The summed E-state index contributed by atoms with van der Waals surface area (Å²) < 4.78 is 4.80. The molecule has 0 atom stereocenters. The van der Waals surface area contributed by atoms with Crippen molar-refractivity contribution in [3.63, 3.8) is 0 Å². The van der Waals surface area contributed by atoms with E-state index in [2.05, 4.69) is 20.8 Å². The third kappa shape index (κ3) is 2.98. The van der Waals surface area contributed by atoms with Gasteiger partial charge in [0.2, 0.25) is 5.89 Å². The molecule has 0 fully saturated rings. The molecular formula is C7H14N4O. The van der Waals surface area contributed by atoms with E-state index >= 15 is 0 Å². The van der Waals surface area contributed by atoms with Crippen LogP contribution in [0.25, 0.3) is 0 Å². The van der Waals surface area contributed by atoms with Gasteiger partial charge in [-0.25, -0.2) is 0 Å². The van der Waals surface area contributed by atoms with Crippen LogP contribution in [0.1, 0.15) is 11.7 Å². The zero-order valence-electron chi connectivity index (χ0n) is 7.42. The van der Waals surface area contributed by atoms with Crippen molar-refractivity contribution in [3.05, 3.63) is 11.7 Å². The number of nitrogens with zero attached hydrogens (tertiary/aromatic N) is 2. The third-order valence-electron chi connectivity index (χ3n) is 1.40. The van der Waals surface area contributed by atoms with Crippen LogP contribution in [0.5, 0.6) is 0 Å². The fourth-order valence-corrected chi connectivity index (χ4v) is 0.827. The van der Waals surface area contributed by atoms with Gasteiger partial charge in [-0.3, -0.25) is 0 Å². The van der Waals surface area contributed by atoms with Crippen molar-refractivity contribution in [1.29, 1.82) is 0 Å². The Morgan fingerprint density at radius 3 is 2.83 bits per heavy atom. The largest absolute Gasteiger partial charge is 0.340 e. The fraction of sp³-hybridized carbons (Fsp3) is 0.714. The summed E-state index contributed by atoms with van der Waals surface area (Å²) in [5.74, 6) is 1.32. The average Bonchev–Trinajstić information content (AvgIpc) is 2.45. The zero-order valence-corrected chi connectivity index (χ0v) is 7.42. The lowest BCUT2D eigenvalue weighted by Crippen LogP contribution is -2.24. The molecule has 1 aromatic heterocycles. The van der Waals surface area contributed by atoms with Gasteiger partial charge in [0.15, 0.2) is 5.82 Å². The summed E-state index contributed by atoms with van der Waals surface area (Å²) in [6, 6.07) is 0. The second-order valence-electron chi connectivity index (χ2n) is 2.51. The summed E-state index contributed by atoms with van der Waals surface area (Å²) in [5.41, 5.74) is 0. The molecule has 5 heteroatoms. The minimum absolute atomic E-state index is 0.611. The first-order valence-corrected chi connectivity index (χ1v) is 3.97. The molecule has 0 aliphatic heterocycles. The highest BCUT2D eigenvalue weighted by Crippen LogP contribution is 1.92. The summed E-state index contributed by atoms with van der Waals surface area (Å²) in [5, 5.41) is 9.95. The van der Waals surface area contributed by atoms with E-state index in [4.69, 9.17) is 4.52 Å². The lowest BCUT2D eigenvalue weighted by atomic mass is 10.5. The van der Waals surface area contributed by atoms with Crippen molar-refractivity contribution in [3.8, 4) is 0 Å². The highest BCUT2D eigenvalue weighted by molar-refractivity contribution is 4.82. The number of rotatable bonds is 5. The Hall–Kier alpha value is -0.940. The Morgan fingerprint density at radius 2 is 2.25 bits per heavy atom. The molecule has 12 heavy (non-hydrogen) atoms. The molecule has 68 valence electrons. The molecule has 0 amide bonds. The number of hydrogen-bond donors (Lipinski definition) is 2. The van der Waals surface area contributed by atoms with Crippen LogP contribution in [0, 0.1) is 6.92 Å². The maximum atomic E-state index is 4.80. The molecule has 0 unspecified atom stereocenters. The van der Waals surface area contributed by atoms with E-state index in [1.54, 1.807) is 6.92 Å². The van der Waals surface area contributed by atoms with Crippen LogP contribution >= 0.6 is 0 Å².